The third-order valence-corrected chi connectivity index (χ3v) is 3.45. The molecular formula is C17H18ClFO2. The van der Waals surface area contributed by atoms with Gasteiger partial charge < -0.3 is 9.84 Å². The molecule has 112 valence electrons. The van der Waals surface area contributed by atoms with Gasteiger partial charge in [-0.15, -0.1) is 0 Å². The molecule has 0 bridgehead atoms. The zero-order chi connectivity index (χ0) is 15.4. The highest BCUT2D eigenvalue weighted by Crippen LogP contribution is 2.31. The van der Waals surface area contributed by atoms with Crippen LogP contribution in [0.25, 0.3) is 0 Å². The fraction of sp³-hybridized carbons (Fsp3) is 0.294. The topological polar surface area (TPSA) is 29.5 Å². The first-order chi connectivity index (χ1) is 9.99. The number of aliphatic hydroxyl groups is 1. The maximum atomic E-state index is 13.8. The van der Waals surface area contributed by atoms with E-state index in [9.17, 15) is 9.50 Å². The molecule has 0 aromatic heterocycles. The van der Waals surface area contributed by atoms with Crippen molar-refractivity contribution < 1.29 is 14.2 Å². The Bertz CT molecular complexity index is 593. The number of aliphatic hydroxyl groups excluding tert-OH is 1. The molecule has 2 nitrogen and oxygen atoms in total. The fourth-order valence-electron chi connectivity index (χ4n) is 2.15. The average molecular weight is 309 g/mol. The summed E-state index contributed by atoms with van der Waals surface area (Å²) in [6, 6.07) is 11.7. The van der Waals surface area contributed by atoms with Gasteiger partial charge in [0.2, 0.25) is 0 Å². The van der Waals surface area contributed by atoms with Gasteiger partial charge in [-0.05, 0) is 32.0 Å². The quantitative estimate of drug-likeness (QED) is 0.878. The first-order valence-electron chi connectivity index (χ1n) is 6.85. The van der Waals surface area contributed by atoms with Crippen LogP contribution in [0, 0.1) is 5.82 Å². The predicted molar refractivity (Wildman–Crippen MR) is 82.3 cm³/mol. The summed E-state index contributed by atoms with van der Waals surface area (Å²) in [6.07, 6.45) is -0.783. The zero-order valence-electron chi connectivity index (χ0n) is 12.0. The van der Waals surface area contributed by atoms with Crippen molar-refractivity contribution in [2.75, 3.05) is 0 Å². The van der Waals surface area contributed by atoms with Crippen molar-refractivity contribution in [2.45, 2.75) is 32.5 Å². The van der Waals surface area contributed by atoms with Gasteiger partial charge in [0.15, 0.2) is 0 Å². The van der Waals surface area contributed by atoms with E-state index in [2.05, 4.69) is 0 Å². The number of benzene rings is 2. The molecule has 0 aliphatic rings. The molecule has 1 N–H and O–H groups in total. The number of rotatable bonds is 5. The summed E-state index contributed by atoms with van der Waals surface area (Å²) in [5.74, 6) is 0.191. The Morgan fingerprint density at radius 1 is 1.14 bits per heavy atom. The fourth-order valence-corrected chi connectivity index (χ4v) is 2.39. The van der Waals surface area contributed by atoms with Crippen LogP contribution in [0.4, 0.5) is 4.39 Å². The van der Waals surface area contributed by atoms with Gasteiger partial charge in [-0.2, -0.15) is 0 Å². The highest BCUT2D eigenvalue weighted by molar-refractivity contribution is 6.31. The standard InChI is InChI=1S/C17H18ClFO2/c1-11(2)21-17-9-4-3-6-12(17)16(20)10-13-14(18)7-5-8-15(13)19/h3-9,11,16,20H,10H2,1-2H3. The van der Waals surface area contributed by atoms with Gasteiger partial charge in [0.1, 0.15) is 11.6 Å². The van der Waals surface area contributed by atoms with Gasteiger partial charge in [-0.1, -0.05) is 35.9 Å². The minimum Gasteiger partial charge on any atom is -0.491 e. The monoisotopic (exact) mass is 308 g/mol. The Hall–Kier alpha value is -1.58. The molecule has 0 spiro atoms. The maximum Gasteiger partial charge on any atom is 0.127 e. The van der Waals surface area contributed by atoms with Crippen molar-refractivity contribution in [3.63, 3.8) is 0 Å². The van der Waals surface area contributed by atoms with Crippen LogP contribution >= 0.6 is 11.6 Å². The molecule has 1 atom stereocenters. The summed E-state index contributed by atoms with van der Waals surface area (Å²) in [4.78, 5) is 0. The Balaban J connectivity index is 2.26. The minimum atomic E-state index is -0.880. The normalized spacial score (nSPS) is 12.5. The lowest BCUT2D eigenvalue weighted by molar-refractivity contribution is 0.165. The first-order valence-corrected chi connectivity index (χ1v) is 7.23. The van der Waals surface area contributed by atoms with Crippen LogP contribution in [0.1, 0.15) is 31.1 Å². The Morgan fingerprint density at radius 2 is 1.86 bits per heavy atom. The Morgan fingerprint density at radius 3 is 2.52 bits per heavy atom. The highest BCUT2D eigenvalue weighted by atomic mass is 35.5. The molecule has 2 aromatic rings. The first kappa shape index (κ1) is 15.8. The van der Waals surface area contributed by atoms with E-state index in [1.54, 1.807) is 24.3 Å². The summed E-state index contributed by atoms with van der Waals surface area (Å²) in [6.45, 7) is 3.83. The van der Waals surface area contributed by atoms with E-state index in [1.807, 2.05) is 26.0 Å². The molecule has 21 heavy (non-hydrogen) atoms. The average Bonchev–Trinajstić information content (AvgIpc) is 2.43. The van der Waals surface area contributed by atoms with E-state index >= 15 is 0 Å². The molecule has 0 radical (unpaired) electrons. The smallest absolute Gasteiger partial charge is 0.127 e. The molecule has 0 aliphatic carbocycles. The van der Waals surface area contributed by atoms with Crippen molar-refractivity contribution in [2.24, 2.45) is 0 Å². The van der Waals surface area contributed by atoms with Gasteiger partial charge in [0.25, 0.3) is 0 Å². The minimum absolute atomic E-state index is 0.00426. The van der Waals surface area contributed by atoms with Crippen LogP contribution in [0.15, 0.2) is 42.5 Å². The lowest BCUT2D eigenvalue weighted by atomic mass is 10.00. The molecule has 4 heteroatoms. The van der Waals surface area contributed by atoms with Crippen LogP contribution < -0.4 is 4.74 Å². The lowest BCUT2D eigenvalue weighted by Gasteiger charge is -2.18. The number of hydrogen-bond donors (Lipinski definition) is 1. The van der Waals surface area contributed by atoms with E-state index in [1.165, 1.54) is 6.07 Å². The van der Waals surface area contributed by atoms with Gasteiger partial charge in [-0.25, -0.2) is 4.39 Å². The van der Waals surface area contributed by atoms with Crippen molar-refractivity contribution in [3.05, 3.63) is 64.4 Å². The summed E-state index contributed by atoms with van der Waals surface area (Å²) < 4.78 is 19.5. The third-order valence-electron chi connectivity index (χ3n) is 3.10. The van der Waals surface area contributed by atoms with E-state index in [0.717, 1.165) is 0 Å². The number of para-hydroxylation sites is 1. The van der Waals surface area contributed by atoms with E-state index in [-0.39, 0.29) is 12.5 Å². The second-order valence-electron chi connectivity index (χ2n) is 5.12. The van der Waals surface area contributed by atoms with Gasteiger partial charge in [0, 0.05) is 22.6 Å². The molecular weight excluding hydrogens is 291 g/mol. The van der Waals surface area contributed by atoms with Gasteiger partial charge >= 0.3 is 0 Å². The van der Waals surface area contributed by atoms with Gasteiger partial charge in [0.05, 0.1) is 12.2 Å². The van der Waals surface area contributed by atoms with Gasteiger partial charge in [-0.3, -0.25) is 0 Å². The molecule has 0 amide bonds. The van der Waals surface area contributed by atoms with Crippen LogP contribution in [-0.2, 0) is 6.42 Å². The van der Waals surface area contributed by atoms with Crippen molar-refractivity contribution in [3.8, 4) is 5.75 Å². The molecule has 0 aliphatic heterocycles. The molecule has 2 rings (SSSR count). The van der Waals surface area contributed by atoms with E-state index < -0.39 is 11.9 Å². The van der Waals surface area contributed by atoms with Crippen LogP contribution in [0.2, 0.25) is 5.02 Å². The summed E-state index contributed by atoms with van der Waals surface area (Å²) in [5, 5.41) is 10.7. The Kier molecular flexibility index (Phi) is 5.21. The lowest BCUT2D eigenvalue weighted by Crippen LogP contribution is -2.11. The van der Waals surface area contributed by atoms with Crippen molar-refractivity contribution in [1.29, 1.82) is 0 Å². The van der Waals surface area contributed by atoms with Crippen molar-refractivity contribution >= 4 is 11.6 Å². The molecule has 0 heterocycles. The number of ether oxygens (including phenoxy) is 1. The zero-order valence-corrected chi connectivity index (χ0v) is 12.8. The maximum absolute atomic E-state index is 13.8. The van der Waals surface area contributed by atoms with Crippen LogP contribution in [0.5, 0.6) is 5.75 Å². The second kappa shape index (κ2) is 6.92. The predicted octanol–water partition coefficient (Wildman–Crippen LogP) is 4.54. The Labute approximate surface area is 129 Å². The number of halogens is 2. The van der Waals surface area contributed by atoms with E-state index in [0.29, 0.717) is 21.9 Å². The molecule has 0 saturated carbocycles. The molecule has 0 fully saturated rings. The van der Waals surface area contributed by atoms with E-state index in [4.69, 9.17) is 16.3 Å². The van der Waals surface area contributed by atoms with Crippen LogP contribution in [0.3, 0.4) is 0 Å². The SMILES string of the molecule is CC(C)Oc1ccccc1C(O)Cc1c(F)cccc1Cl. The third kappa shape index (κ3) is 3.96. The largest absolute Gasteiger partial charge is 0.491 e. The van der Waals surface area contributed by atoms with Crippen molar-refractivity contribution in [1.82, 2.24) is 0 Å². The summed E-state index contributed by atoms with van der Waals surface area (Å²) in [5.41, 5.74) is 0.941. The molecule has 2 aromatic carbocycles. The summed E-state index contributed by atoms with van der Waals surface area (Å²) in [7, 11) is 0. The molecule has 0 saturated heterocycles. The number of hydrogen-bond acceptors (Lipinski definition) is 2. The summed E-state index contributed by atoms with van der Waals surface area (Å²) >= 11 is 6.00. The van der Waals surface area contributed by atoms with Crippen LogP contribution in [-0.4, -0.2) is 11.2 Å². The highest BCUT2D eigenvalue weighted by Gasteiger charge is 2.18. The second-order valence-corrected chi connectivity index (χ2v) is 5.53. The molecule has 1 unspecified atom stereocenters.